The summed E-state index contributed by atoms with van der Waals surface area (Å²) in [6.07, 6.45) is 0.227. The van der Waals surface area contributed by atoms with Gasteiger partial charge in [-0.2, -0.15) is 0 Å². The zero-order chi connectivity index (χ0) is 18.6. The summed E-state index contributed by atoms with van der Waals surface area (Å²) >= 11 is 0. The SMILES string of the molecule is COc1cc(OC)c2cc(C(=O)NCCCS(N)(=O)=O)[nH]c2c1OC. The van der Waals surface area contributed by atoms with Gasteiger partial charge in [0, 0.05) is 18.0 Å². The number of hydrogen-bond donors (Lipinski definition) is 3. The fourth-order valence-electron chi connectivity index (χ4n) is 2.43. The van der Waals surface area contributed by atoms with E-state index in [1.54, 1.807) is 12.1 Å². The fraction of sp³-hybridized carbons (Fsp3) is 0.400. The molecule has 0 fully saturated rings. The molecule has 1 heterocycles. The molecule has 4 N–H and O–H groups in total. The van der Waals surface area contributed by atoms with E-state index < -0.39 is 10.0 Å². The van der Waals surface area contributed by atoms with E-state index in [4.69, 9.17) is 19.3 Å². The molecule has 0 saturated heterocycles. The second-order valence-corrected chi connectivity index (χ2v) is 7.00. The van der Waals surface area contributed by atoms with Crippen molar-refractivity contribution in [1.82, 2.24) is 10.3 Å². The Bertz CT molecular complexity index is 875. The van der Waals surface area contributed by atoms with E-state index in [0.29, 0.717) is 28.2 Å². The second kappa shape index (κ2) is 7.62. The van der Waals surface area contributed by atoms with Gasteiger partial charge in [-0.25, -0.2) is 13.6 Å². The number of nitrogens with one attached hydrogen (secondary N) is 2. The van der Waals surface area contributed by atoms with Gasteiger partial charge in [0.15, 0.2) is 11.5 Å². The van der Waals surface area contributed by atoms with Crippen LogP contribution in [0, 0.1) is 0 Å². The standard InChI is InChI=1S/C15H21N3O6S/c1-22-11-8-12(23-2)14(24-3)13-9(11)7-10(18-13)15(19)17-5-4-6-25(16,20)21/h7-8,18H,4-6H2,1-3H3,(H,17,19)(H2,16,20,21). The third-order valence-corrected chi connectivity index (χ3v) is 4.43. The van der Waals surface area contributed by atoms with Crippen molar-refractivity contribution in [3.63, 3.8) is 0 Å². The Kier molecular flexibility index (Phi) is 5.75. The second-order valence-electron chi connectivity index (χ2n) is 5.26. The molecule has 1 aromatic carbocycles. The van der Waals surface area contributed by atoms with Crippen LogP contribution in [0.15, 0.2) is 12.1 Å². The number of carbonyl (C=O) groups is 1. The summed E-state index contributed by atoms with van der Waals surface area (Å²) < 4.78 is 37.7. The Morgan fingerprint density at radius 1 is 1.16 bits per heavy atom. The van der Waals surface area contributed by atoms with Gasteiger partial charge >= 0.3 is 0 Å². The first kappa shape index (κ1) is 18.9. The molecule has 10 heteroatoms. The summed E-state index contributed by atoms with van der Waals surface area (Å²) in [4.78, 5) is 15.2. The van der Waals surface area contributed by atoms with Gasteiger partial charge < -0.3 is 24.5 Å². The molecule has 0 aliphatic rings. The van der Waals surface area contributed by atoms with E-state index in [-0.39, 0.29) is 30.3 Å². The van der Waals surface area contributed by atoms with E-state index in [9.17, 15) is 13.2 Å². The summed E-state index contributed by atoms with van der Waals surface area (Å²) in [5.74, 6) is 0.866. The topological polar surface area (TPSA) is 133 Å². The predicted molar refractivity (Wildman–Crippen MR) is 92.9 cm³/mol. The van der Waals surface area contributed by atoms with Gasteiger partial charge in [-0.05, 0) is 12.5 Å². The lowest BCUT2D eigenvalue weighted by Gasteiger charge is -2.11. The molecule has 1 aromatic heterocycles. The summed E-state index contributed by atoms with van der Waals surface area (Å²) in [6.45, 7) is 0.183. The number of rotatable bonds is 8. The van der Waals surface area contributed by atoms with Crippen molar-refractivity contribution in [2.45, 2.75) is 6.42 Å². The maximum Gasteiger partial charge on any atom is 0.267 e. The lowest BCUT2D eigenvalue weighted by atomic mass is 10.2. The molecule has 0 radical (unpaired) electrons. The van der Waals surface area contributed by atoms with E-state index in [0.717, 1.165) is 0 Å². The van der Waals surface area contributed by atoms with Crippen molar-refractivity contribution in [3.05, 3.63) is 17.8 Å². The highest BCUT2D eigenvalue weighted by Gasteiger charge is 2.19. The number of carbonyl (C=O) groups excluding carboxylic acids is 1. The van der Waals surface area contributed by atoms with E-state index in [1.165, 1.54) is 21.3 Å². The minimum Gasteiger partial charge on any atom is -0.496 e. The number of sulfonamides is 1. The first-order valence-corrected chi connectivity index (χ1v) is 9.12. The van der Waals surface area contributed by atoms with Crippen LogP contribution in [0.4, 0.5) is 0 Å². The molecule has 0 unspecified atom stereocenters. The van der Waals surface area contributed by atoms with Crippen LogP contribution in [0.1, 0.15) is 16.9 Å². The number of aromatic nitrogens is 1. The Balaban J connectivity index is 2.26. The minimum atomic E-state index is -3.54. The number of methoxy groups -OCH3 is 3. The van der Waals surface area contributed by atoms with Gasteiger partial charge in [0.1, 0.15) is 11.4 Å². The van der Waals surface area contributed by atoms with Crippen LogP contribution in [0.25, 0.3) is 10.9 Å². The summed E-state index contributed by atoms with van der Waals surface area (Å²) in [5, 5.41) is 8.21. The Labute approximate surface area is 145 Å². The van der Waals surface area contributed by atoms with Crippen molar-refractivity contribution in [3.8, 4) is 17.2 Å². The largest absolute Gasteiger partial charge is 0.496 e. The number of ether oxygens (including phenoxy) is 3. The zero-order valence-corrected chi connectivity index (χ0v) is 15.0. The number of H-pyrrole nitrogens is 1. The van der Waals surface area contributed by atoms with Crippen molar-refractivity contribution < 1.29 is 27.4 Å². The first-order chi connectivity index (χ1) is 11.8. The third-order valence-electron chi connectivity index (χ3n) is 3.58. The number of fused-ring (bicyclic) bond motifs is 1. The van der Waals surface area contributed by atoms with Crippen LogP contribution in [-0.4, -0.2) is 52.9 Å². The molecule has 0 atom stereocenters. The van der Waals surface area contributed by atoms with E-state index in [1.807, 2.05) is 0 Å². The molecule has 0 aliphatic heterocycles. The number of amides is 1. The average molecular weight is 371 g/mol. The van der Waals surface area contributed by atoms with Gasteiger partial charge in [0.2, 0.25) is 10.0 Å². The molecule has 2 rings (SSSR count). The molecular weight excluding hydrogens is 350 g/mol. The maximum atomic E-state index is 12.3. The Morgan fingerprint density at radius 3 is 2.40 bits per heavy atom. The molecule has 1 amide bonds. The Hall–Kier alpha value is -2.46. The van der Waals surface area contributed by atoms with Crippen molar-refractivity contribution in [1.29, 1.82) is 0 Å². The van der Waals surface area contributed by atoms with Gasteiger partial charge in [-0.1, -0.05) is 0 Å². The van der Waals surface area contributed by atoms with Crippen molar-refractivity contribution >= 4 is 26.8 Å². The lowest BCUT2D eigenvalue weighted by molar-refractivity contribution is 0.0949. The number of primary sulfonamides is 1. The Morgan fingerprint density at radius 2 is 1.84 bits per heavy atom. The number of benzene rings is 1. The molecule has 9 nitrogen and oxygen atoms in total. The van der Waals surface area contributed by atoms with E-state index in [2.05, 4.69) is 10.3 Å². The molecule has 0 spiro atoms. The van der Waals surface area contributed by atoms with Crippen LogP contribution in [-0.2, 0) is 10.0 Å². The predicted octanol–water partition coefficient (Wildman–Crippen LogP) is 0.602. The van der Waals surface area contributed by atoms with Crippen LogP contribution >= 0.6 is 0 Å². The maximum absolute atomic E-state index is 12.3. The van der Waals surface area contributed by atoms with Gasteiger partial charge in [0.05, 0.1) is 32.6 Å². The van der Waals surface area contributed by atoms with Crippen molar-refractivity contribution in [2.24, 2.45) is 5.14 Å². The summed E-state index contributed by atoms with van der Waals surface area (Å²) in [5.41, 5.74) is 0.851. The molecule has 0 saturated carbocycles. The van der Waals surface area contributed by atoms with Crippen molar-refractivity contribution in [2.75, 3.05) is 33.6 Å². The molecular formula is C15H21N3O6S. The van der Waals surface area contributed by atoms with Gasteiger partial charge in [-0.3, -0.25) is 4.79 Å². The van der Waals surface area contributed by atoms with Crippen LogP contribution in [0.2, 0.25) is 0 Å². The number of aromatic amines is 1. The molecule has 0 aliphatic carbocycles. The quantitative estimate of drug-likeness (QED) is 0.582. The third kappa shape index (κ3) is 4.34. The van der Waals surface area contributed by atoms with Gasteiger partial charge in [-0.15, -0.1) is 0 Å². The highest BCUT2D eigenvalue weighted by Crippen LogP contribution is 2.41. The number of nitrogens with two attached hydrogens (primary N) is 1. The van der Waals surface area contributed by atoms with Crippen LogP contribution in [0.3, 0.4) is 0 Å². The normalized spacial score (nSPS) is 11.4. The number of hydrogen-bond acceptors (Lipinski definition) is 6. The fourth-order valence-corrected chi connectivity index (χ4v) is 2.98. The zero-order valence-electron chi connectivity index (χ0n) is 14.2. The lowest BCUT2D eigenvalue weighted by Crippen LogP contribution is -2.27. The highest BCUT2D eigenvalue weighted by atomic mass is 32.2. The first-order valence-electron chi connectivity index (χ1n) is 7.41. The molecule has 0 bridgehead atoms. The smallest absolute Gasteiger partial charge is 0.267 e. The van der Waals surface area contributed by atoms with Crippen LogP contribution < -0.4 is 24.7 Å². The molecule has 25 heavy (non-hydrogen) atoms. The minimum absolute atomic E-state index is 0.183. The average Bonchev–Trinajstić information content (AvgIpc) is 3.01. The van der Waals surface area contributed by atoms with Gasteiger partial charge in [0.25, 0.3) is 5.91 Å². The summed E-state index contributed by atoms with van der Waals surface area (Å²) in [6, 6.07) is 3.30. The molecule has 2 aromatic rings. The molecule has 138 valence electrons. The van der Waals surface area contributed by atoms with Crippen LogP contribution in [0.5, 0.6) is 17.2 Å². The van der Waals surface area contributed by atoms with E-state index >= 15 is 0 Å². The highest BCUT2D eigenvalue weighted by molar-refractivity contribution is 7.89. The monoisotopic (exact) mass is 371 g/mol. The summed E-state index contributed by atoms with van der Waals surface area (Å²) in [7, 11) is 0.978.